The van der Waals surface area contributed by atoms with Crippen molar-refractivity contribution in [2.45, 2.75) is 32.7 Å². The molecule has 0 radical (unpaired) electrons. The first-order chi connectivity index (χ1) is 9.35. The van der Waals surface area contributed by atoms with Crippen molar-refractivity contribution < 1.29 is 4.42 Å². The minimum absolute atomic E-state index is 0.0948. The van der Waals surface area contributed by atoms with Crippen LogP contribution in [0.1, 0.15) is 26.7 Å². The molecule has 1 aromatic carbocycles. The number of halogens is 2. The third-order valence-electron chi connectivity index (χ3n) is 2.62. The fourth-order valence-corrected chi connectivity index (χ4v) is 2.89. The molecule has 0 aliphatic heterocycles. The lowest BCUT2D eigenvalue weighted by molar-refractivity contribution is 0.412. The van der Waals surface area contributed by atoms with Crippen molar-refractivity contribution in [2.75, 3.05) is 6.54 Å². The van der Waals surface area contributed by atoms with E-state index < -0.39 is 0 Å². The monoisotopic (exact) mass is 401 g/mol. The molecule has 0 unspecified atom stereocenters. The summed E-state index contributed by atoms with van der Waals surface area (Å²) in [5.74, 6) is 1.18. The summed E-state index contributed by atoms with van der Waals surface area (Å²) in [7, 11) is 0. The molecule has 0 saturated heterocycles. The smallest absolute Gasteiger partial charge is 0.248 e. The second-order valence-electron chi connectivity index (χ2n) is 5.55. The van der Waals surface area contributed by atoms with Gasteiger partial charge >= 0.3 is 0 Å². The molecule has 1 heterocycles. The molecule has 2 rings (SSSR count). The minimum Gasteiger partial charge on any atom is -0.421 e. The van der Waals surface area contributed by atoms with E-state index in [1.807, 2.05) is 18.2 Å². The lowest BCUT2D eigenvalue weighted by atomic mass is 10.1. The molecule has 20 heavy (non-hydrogen) atoms. The van der Waals surface area contributed by atoms with Gasteiger partial charge in [0.05, 0.1) is 5.56 Å². The maximum atomic E-state index is 5.70. The molecule has 0 atom stereocenters. The Morgan fingerprint density at radius 2 is 1.95 bits per heavy atom. The highest BCUT2D eigenvalue weighted by molar-refractivity contribution is 9.11. The van der Waals surface area contributed by atoms with E-state index in [4.69, 9.17) is 4.42 Å². The fraction of sp³-hybridized carbons (Fsp3) is 0.429. The molecule has 0 aliphatic rings. The first-order valence-electron chi connectivity index (χ1n) is 6.38. The van der Waals surface area contributed by atoms with Gasteiger partial charge in [0.15, 0.2) is 0 Å². The van der Waals surface area contributed by atoms with Crippen LogP contribution in [0.15, 0.2) is 31.6 Å². The van der Waals surface area contributed by atoms with Crippen LogP contribution in [0.3, 0.4) is 0 Å². The molecule has 0 aliphatic carbocycles. The predicted octanol–water partition coefficient (Wildman–Crippen LogP) is 4.19. The molecule has 2 aromatic rings. The van der Waals surface area contributed by atoms with Crippen LogP contribution in [-0.2, 0) is 6.42 Å². The van der Waals surface area contributed by atoms with E-state index in [2.05, 4.69) is 68.1 Å². The van der Waals surface area contributed by atoms with Crippen molar-refractivity contribution in [3.8, 4) is 11.5 Å². The summed E-state index contributed by atoms with van der Waals surface area (Å²) in [6, 6.07) is 5.85. The summed E-state index contributed by atoms with van der Waals surface area (Å²) < 4.78 is 7.63. The lowest BCUT2D eigenvalue weighted by Gasteiger charge is -2.19. The summed E-state index contributed by atoms with van der Waals surface area (Å²) in [6.45, 7) is 7.20. The van der Waals surface area contributed by atoms with Gasteiger partial charge in [0, 0.05) is 27.4 Å². The zero-order valence-corrected chi connectivity index (χ0v) is 14.9. The molecule has 0 spiro atoms. The average Bonchev–Trinajstić information content (AvgIpc) is 2.75. The number of hydrogen-bond acceptors (Lipinski definition) is 4. The van der Waals surface area contributed by atoms with E-state index >= 15 is 0 Å². The van der Waals surface area contributed by atoms with Crippen LogP contribution in [0.5, 0.6) is 0 Å². The van der Waals surface area contributed by atoms with E-state index in [0.29, 0.717) is 11.8 Å². The quantitative estimate of drug-likeness (QED) is 0.832. The van der Waals surface area contributed by atoms with E-state index in [9.17, 15) is 0 Å². The first kappa shape index (κ1) is 15.7. The predicted molar refractivity (Wildman–Crippen MR) is 86.6 cm³/mol. The van der Waals surface area contributed by atoms with Crippen molar-refractivity contribution in [3.05, 3.63) is 33.0 Å². The maximum Gasteiger partial charge on any atom is 0.248 e. The molecular weight excluding hydrogens is 386 g/mol. The Kier molecular flexibility index (Phi) is 4.99. The third-order valence-corrected chi connectivity index (χ3v) is 3.77. The second kappa shape index (κ2) is 6.37. The molecule has 1 aromatic heterocycles. The Hall–Kier alpha value is -0.720. The van der Waals surface area contributed by atoms with Crippen LogP contribution in [0.2, 0.25) is 0 Å². The largest absolute Gasteiger partial charge is 0.421 e. The number of hydrogen-bond donors (Lipinski definition) is 1. The van der Waals surface area contributed by atoms with Crippen molar-refractivity contribution in [1.82, 2.24) is 15.5 Å². The first-order valence-corrected chi connectivity index (χ1v) is 7.96. The van der Waals surface area contributed by atoms with Crippen LogP contribution in [0.4, 0.5) is 0 Å². The van der Waals surface area contributed by atoms with Crippen molar-refractivity contribution in [3.63, 3.8) is 0 Å². The number of nitrogens with zero attached hydrogens (tertiary/aromatic N) is 2. The van der Waals surface area contributed by atoms with Gasteiger partial charge in [0.1, 0.15) is 0 Å². The summed E-state index contributed by atoms with van der Waals surface area (Å²) in [4.78, 5) is 0. The van der Waals surface area contributed by atoms with E-state index in [1.165, 1.54) is 0 Å². The maximum absolute atomic E-state index is 5.70. The number of benzene rings is 1. The molecule has 108 valence electrons. The molecule has 6 heteroatoms. The Bertz CT molecular complexity index is 590. The highest BCUT2D eigenvalue weighted by atomic mass is 79.9. The molecule has 0 fully saturated rings. The zero-order chi connectivity index (χ0) is 14.8. The van der Waals surface area contributed by atoms with Gasteiger partial charge in [-0.15, -0.1) is 10.2 Å². The number of nitrogens with one attached hydrogen (secondary N) is 1. The minimum atomic E-state index is 0.0948. The highest BCUT2D eigenvalue weighted by Crippen LogP contribution is 2.29. The lowest BCUT2D eigenvalue weighted by Crippen LogP contribution is -2.37. The van der Waals surface area contributed by atoms with Gasteiger partial charge in [0.2, 0.25) is 11.8 Å². The highest BCUT2D eigenvalue weighted by Gasteiger charge is 2.13. The van der Waals surface area contributed by atoms with E-state index in [-0.39, 0.29) is 5.54 Å². The third kappa shape index (κ3) is 4.40. The van der Waals surface area contributed by atoms with Crippen molar-refractivity contribution in [2.24, 2.45) is 0 Å². The van der Waals surface area contributed by atoms with E-state index in [1.54, 1.807) is 0 Å². The van der Waals surface area contributed by atoms with Crippen LogP contribution in [0.25, 0.3) is 11.5 Å². The summed E-state index contributed by atoms with van der Waals surface area (Å²) in [6.07, 6.45) is 0.721. The Balaban J connectivity index is 2.05. The van der Waals surface area contributed by atoms with Crippen LogP contribution in [0, 0.1) is 0 Å². The Morgan fingerprint density at radius 1 is 1.20 bits per heavy atom. The van der Waals surface area contributed by atoms with Gasteiger partial charge in [0.25, 0.3) is 0 Å². The SMILES string of the molecule is CC(C)(C)NCCc1nnc(-c2ccc(Br)cc2Br)o1. The molecule has 0 amide bonds. The zero-order valence-electron chi connectivity index (χ0n) is 11.7. The number of aromatic nitrogens is 2. The molecule has 0 saturated carbocycles. The summed E-state index contributed by atoms with van der Waals surface area (Å²) >= 11 is 6.92. The van der Waals surface area contributed by atoms with Gasteiger partial charge in [-0.05, 0) is 54.9 Å². The summed E-state index contributed by atoms with van der Waals surface area (Å²) in [5.41, 5.74) is 0.994. The molecular formula is C14H17Br2N3O. The Labute approximate surface area is 135 Å². The molecule has 1 N–H and O–H groups in total. The summed E-state index contributed by atoms with van der Waals surface area (Å²) in [5, 5.41) is 11.6. The van der Waals surface area contributed by atoms with Gasteiger partial charge in [-0.1, -0.05) is 15.9 Å². The molecule has 0 bridgehead atoms. The van der Waals surface area contributed by atoms with Gasteiger partial charge in [-0.3, -0.25) is 0 Å². The van der Waals surface area contributed by atoms with Gasteiger partial charge in [-0.25, -0.2) is 0 Å². The topological polar surface area (TPSA) is 51.0 Å². The molecule has 4 nitrogen and oxygen atoms in total. The van der Waals surface area contributed by atoms with Crippen LogP contribution in [-0.4, -0.2) is 22.3 Å². The standard InChI is InChI=1S/C14H17Br2N3O/c1-14(2,3)17-7-6-12-18-19-13(20-12)10-5-4-9(15)8-11(10)16/h4-5,8,17H,6-7H2,1-3H3. The van der Waals surface area contributed by atoms with Crippen LogP contribution < -0.4 is 5.32 Å². The van der Waals surface area contributed by atoms with Crippen molar-refractivity contribution >= 4 is 31.9 Å². The van der Waals surface area contributed by atoms with Gasteiger partial charge < -0.3 is 9.73 Å². The Morgan fingerprint density at radius 3 is 2.60 bits per heavy atom. The van der Waals surface area contributed by atoms with Gasteiger partial charge in [-0.2, -0.15) is 0 Å². The second-order valence-corrected chi connectivity index (χ2v) is 7.32. The van der Waals surface area contributed by atoms with Crippen LogP contribution >= 0.6 is 31.9 Å². The normalized spacial score (nSPS) is 11.8. The number of rotatable bonds is 4. The van der Waals surface area contributed by atoms with E-state index in [0.717, 1.165) is 27.5 Å². The average molecular weight is 403 g/mol. The van der Waals surface area contributed by atoms with Crippen molar-refractivity contribution in [1.29, 1.82) is 0 Å². The fourth-order valence-electron chi connectivity index (χ4n) is 1.67.